The lowest BCUT2D eigenvalue weighted by Gasteiger charge is -2.56. The zero-order valence-electron chi connectivity index (χ0n) is 16.8. The van der Waals surface area contributed by atoms with Crippen LogP contribution in [0, 0.1) is 23.2 Å². The van der Waals surface area contributed by atoms with Gasteiger partial charge in [-0.2, -0.15) is 0 Å². The van der Waals surface area contributed by atoms with Gasteiger partial charge in [-0.15, -0.1) is 6.58 Å². The van der Waals surface area contributed by atoms with Crippen LogP contribution in [0.3, 0.4) is 0 Å². The van der Waals surface area contributed by atoms with E-state index in [1.54, 1.807) is 17.9 Å². The second-order valence-electron chi connectivity index (χ2n) is 9.47. The second-order valence-corrected chi connectivity index (χ2v) is 9.47. The van der Waals surface area contributed by atoms with Gasteiger partial charge in [-0.05, 0) is 76.0 Å². The number of hydrogen-bond acceptors (Lipinski definition) is 4. The Bertz CT molecular complexity index is 638. The molecule has 1 saturated heterocycles. The van der Waals surface area contributed by atoms with E-state index in [0.29, 0.717) is 37.3 Å². The van der Waals surface area contributed by atoms with Gasteiger partial charge in [0, 0.05) is 13.1 Å². The highest BCUT2D eigenvalue weighted by molar-refractivity contribution is 5.90. The van der Waals surface area contributed by atoms with Crippen LogP contribution in [-0.2, 0) is 19.1 Å². The standard InChI is InChI=1S/C22H32N2O4/c1-3-6-23-19(25)14(2)28-20(26)18-5-4-7-24(18)21(27)22-11-15-8-16(12-22)10-17(9-15)13-22/h3,14-18H,1,4-13H2,2H3,(H,23,25). The molecule has 0 aromatic heterocycles. The van der Waals surface area contributed by atoms with Crippen molar-refractivity contribution < 1.29 is 19.1 Å². The number of carbonyl (C=O) groups is 3. The lowest BCUT2D eigenvalue weighted by molar-refractivity contribution is -0.168. The monoisotopic (exact) mass is 388 g/mol. The number of carbonyl (C=O) groups excluding carboxylic acids is 3. The Morgan fingerprint density at radius 2 is 1.79 bits per heavy atom. The van der Waals surface area contributed by atoms with Gasteiger partial charge < -0.3 is 15.0 Å². The van der Waals surface area contributed by atoms with Crippen molar-refractivity contribution in [2.75, 3.05) is 13.1 Å². The highest BCUT2D eigenvalue weighted by Crippen LogP contribution is 2.60. The van der Waals surface area contributed by atoms with E-state index in [1.165, 1.54) is 19.3 Å². The molecule has 4 aliphatic carbocycles. The van der Waals surface area contributed by atoms with Crippen molar-refractivity contribution in [3.63, 3.8) is 0 Å². The predicted molar refractivity (Wildman–Crippen MR) is 104 cm³/mol. The molecule has 0 radical (unpaired) electrons. The third-order valence-electron chi connectivity index (χ3n) is 7.36. The molecule has 4 saturated carbocycles. The van der Waals surface area contributed by atoms with Crippen LogP contribution in [0.25, 0.3) is 0 Å². The maximum absolute atomic E-state index is 13.6. The van der Waals surface area contributed by atoms with Gasteiger partial charge in [-0.3, -0.25) is 9.59 Å². The van der Waals surface area contributed by atoms with Crippen molar-refractivity contribution in [1.82, 2.24) is 10.2 Å². The Labute approximate surface area is 167 Å². The summed E-state index contributed by atoms with van der Waals surface area (Å²) in [6.45, 7) is 6.08. The number of likely N-dealkylation sites (tertiary alicyclic amines) is 1. The minimum absolute atomic E-state index is 0.176. The molecule has 2 atom stereocenters. The van der Waals surface area contributed by atoms with Gasteiger partial charge in [-0.1, -0.05) is 6.08 Å². The Balaban J connectivity index is 1.42. The molecule has 2 unspecified atom stereocenters. The Morgan fingerprint density at radius 3 is 2.36 bits per heavy atom. The molecule has 5 fully saturated rings. The summed E-state index contributed by atoms with van der Waals surface area (Å²) in [6.07, 6.45) is 9.00. The van der Waals surface area contributed by atoms with Crippen molar-refractivity contribution in [2.45, 2.75) is 70.4 Å². The smallest absolute Gasteiger partial charge is 0.329 e. The summed E-state index contributed by atoms with van der Waals surface area (Å²) in [5.74, 6) is 1.46. The third-order valence-corrected chi connectivity index (χ3v) is 7.36. The second kappa shape index (κ2) is 7.53. The van der Waals surface area contributed by atoms with Crippen molar-refractivity contribution in [1.29, 1.82) is 0 Å². The molecule has 5 rings (SSSR count). The van der Waals surface area contributed by atoms with Crippen molar-refractivity contribution in [3.05, 3.63) is 12.7 Å². The van der Waals surface area contributed by atoms with E-state index in [1.807, 2.05) is 0 Å². The van der Waals surface area contributed by atoms with Crippen molar-refractivity contribution in [3.8, 4) is 0 Å². The molecular weight excluding hydrogens is 356 g/mol. The quantitative estimate of drug-likeness (QED) is 0.560. The maximum Gasteiger partial charge on any atom is 0.329 e. The normalized spacial score (nSPS) is 36.8. The zero-order chi connectivity index (χ0) is 19.9. The SMILES string of the molecule is C=CCNC(=O)C(C)OC(=O)C1CCCN1C(=O)C12CC3CC(CC(C3)C1)C2. The topological polar surface area (TPSA) is 75.7 Å². The number of esters is 1. The summed E-state index contributed by atoms with van der Waals surface area (Å²) in [6, 6.07) is -0.546. The fraction of sp³-hybridized carbons (Fsp3) is 0.773. The lowest BCUT2D eigenvalue weighted by Crippen LogP contribution is -2.56. The largest absolute Gasteiger partial charge is 0.451 e. The molecule has 6 nitrogen and oxygen atoms in total. The predicted octanol–water partition coefficient (Wildman–Crippen LogP) is 2.43. The first-order chi connectivity index (χ1) is 13.4. The van der Waals surface area contributed by atoms with Crippen LogP contribution in [0.5, 0.6) is 0 Å². The third kappa shape index (κ3) is 3.46. The Kier molecular flexibility index (Phi) is 5.23. The van der Waals surface area contributed by atoms with E-state index >= 15 is 0 Å². The van der Waals surface area contributed by atoms with Crippen LogP contribution in [0.15, 0.2) is 12.7 Å². The van der Waals surface area contributed by atoms with Crippen molar-refractivity contribution >= 4 is 17.8 Å². The van der Waals surface area contributed by atoms with Gasteiger partial charge in [0.2, 0.25) is 5.91 Å². The number of rotatable bonds is 6. The first kappa shape index (κ1) is 19.5. The Morgan fingerprint density at radius 1 is 1.18 bits per heavy atom. The molecule has 4 bridgehead atoms. The van der Waals surface area contributed by atoms with E-state index < -0.39 is 18.1 Å². The molecular formula is C22H32N2O4. The fourth-order valence-corrected chi connectivity index (χ4v) is 6.55. The molecule has 6 heteroatoms. The van der Waals surface area contributed by atoms with Gasteiger partial charge in [0.1, 0.15) is 6.04 Å². The van der Waals surface area contributed by atoms with Gasteiger partial charge in [-0.25, -0.2) is 4.79 Å². The first-order valence-corrected chi connectivity index (χ1v) is 10.8. The molecule has 28 heavy (non-hydrogen) atoms. The average Bonchev–Trinajstić information content (AvgIpc) is 3.14. The van der Waals surface area contributed by atoms with Crippen LogP contribution in [-0.4, -0.2) is 47.9 Å². The lowest BCUT2D eigenvalue weighted by atomic mass is 9.49. The van der Waals surface area contributed by atoms with Gasteiger partial charge in [0.25, 0.3) is 5.91 Å². The summed E-state index contributed by atoms with van der Waals surface area (Å²) in [4.78, 5) is 40.1. The molecule has 1 N–H and O–H groups in total. The minimum atomic E-state index is -0.871. The zero-order valence-corrected chi connectivity index (χ0v) is 16.8. The maximum atomic E-state index is 13.6. The molecule has 1 heterocycles. The fourth-order valence-electron chi connectivity index (χ4n) is 6.55. The highest BCUT2D eigenvalue weighted by atomic mass is 16.5. The van der Waals surface area contributed by atoms with Crippen LogP contribution in [0.1, 0.15) is 58.3 Å². The molecule has 0 aromatic rings. The summed E-state index contributed by atoms with van der Waals surface area (Å²) >= 11 is 0. The molecule has 2 amide bonds. The molecule has 0 spiro atoms. The summed E-state index contributed by atoms with van der Waals surface area (Å²) in [7, 11) is 0. The Hall–Kier alpha value is -1.85. The summed E-state index contributed by atoms with van der Waals surface area (Å²) < 4.78 is 5.41. The number of amides is 2. The van der Waals surface area contributed by atoms with E-state index in [-0.39, 0.29) is 17.2 Å². The van der Waals surface area contributed by atoms with Crippen LogP contribution in [0.4, 0.5) is 0 Å². The van der Waals surface area contributed by atoms with Crippen LogP contribution < -0.4 is 5.32 Å². The number of nitrogens with one attached hydrogen (secondary N) is 1. The molecule has 154 valence electrons. The van der Waals surface area contributed by atoms with E-state index in [9.17, 15) is 14.4 Å². The minimum Gasteiger partial charge on any atom is -0.451 e. The number of hydrogen-bond donors (Lipinski definition) is 1. The van der Waals surface area contributed by atoms with E-state index in [0.717, 1.165) is 25.7 Å². The number of ether oxygens (including phenoxy) is 1. The number of nitrogens with zero attached hydrogens (tertiary/aromatic N) is 1. The van der Waals surface area contributed by atoms with Gasteiger partial charge in [0.05, 0.1) is 5.41 Å². The summed E-state index contributed by atoms with van der Waals surface area (Å²) in [5.41, 5.74) is -0.245. The first-order valence-electron chi connectivity index (χ1n) is 10.8. The van der Waals surface area contributed by atoms with Gasteiger partial charge >= 0.3 is 5.97 Å². The molecule has 0 aromatic carbocycles. The van der Waals surface area contributed by atoms with E-state index in [2.05, 4.69) is 11.9 Å². The summed E-state index contributed by atoms with van der Waals surface area (Å²) in [5, 5.41) is 2.64. The van der Waals surface area contributed by atoms with Crippen LogP contribution in [0.2, 0.25) is 0 Å². The highest BCUT2D eigenvalue weighted by Gasteiger charge is 2.57. The molecule has 5 aliphatic rings. The molecule has 1 aliphatic heterocycles. The van der Waals surface area contributed by atoms with E-state index in [4.69, 9.17) is 4.74 Å². The van der Waals surface area contributed by atoms with Crippen molar-refractivity contribution in [2.24, 2.45) is 23.2 Å². The average molecular weight is 389 g/mol. The van der Waals surface area contributed by atoms with Crippen LogP contribution >= 0.6 is 0 Å². The van der Waals surface area contributed by atoms with Gasteiger partial charge in [0.15, 0.2) is 6.10 Å².